The zero-order valence-corrected chi connectivity index (χ0v) is 19.3. The zero-order valence-electron chi connectivity index (χ0n) is 19.3. The Labute approximate surface area is 194 Å². The van der Waals surface area contributed by atoms with E-state index in [0.29, 0.717) is 34.0 Å². The molecule has 0 atom stereocenters. The molecule has 3 aromatic carbocycles. The Morgan fingerprint density at radius 2 is 1.33 bits per heavy atom. The smallest absolute Gasteiger partial charge is 0.255 e. The van der Waals surface area contributed by atoms with Crippen molar-refractivity contribution in [3.05, 3.63) is 77.9 Å². The van der Waals surface area contributed by atoms with Gasteiger partial charge in [-0.3, -0.25) is 9.59 Å². The van der Waals surface area contributed by atoms with Crippen molar-refractivity contribution in [2.75, 3.05) is 42.8 Å². The number of carbonyl (C=O) groups is 2. The van der Waals surface area contributed by atoms with Gasteiger partial charge < -0.3 is 25.0 Å². The summed E-state index contributed by atoms with van der Waals surface area (Å²) >= 11 is 0. The van der Waals surface area contributed by atoms with Crippen molar-refractivity contribution in [1.82, 2.24) is 0 Å². The molecule has 0 aromatic heterocycles. The lowest BCUT2D eigenvalue weighted by atomic mass is 10.1. The average molecular weight is 448 g/mol. The third-order valence-electron chi connectivity index (χ3n) is 5.32. The van der Waals surface area contributed by atoms with Crippen LogP contribution < -0.4 is 25.0 Å². The number of amides is 2. The van der Waals surface area contributed by atoms with Crippen molar-refractivity contribution >= 4 is 28.9 Å². The van der Waals surface area contributed by atoms with E-state index in [0.717, 1.165) is 18.8 Å². The number of rotatable bonds is 9. The molecule has 0 fully saturated rings. The maximum Gasteiger partial charge on any atom is 0.255 e. The largest absolute Gasteiger partial charge is 0.497 e. The Kier molecular flexibility index (Phi) is 7.91. The fourth-order valence-electron chi connectivity index (χ4n) is 3.44. The lowest BCUT2D eigenvalue weighted by molar-refractivity contribution is 0.101. The summed E-state index contributed by atoms with van der Waals surface area (Å²) in [5.41, 5.74) is 3.09. The fraction of sp³-hybridized carbons (Fsp3) is 0.231. The molecule has 0 radical (unpaired) electrons. The molecule has 0 bridgehead atoms. The Balaban J connectivity index is 1.74. The van der Waals surface area contributed by atoms with Crippen LogP contribution in [0, 0.1) is 0 Å². The standard InChI is InChI=1S/C26H29N3O4/c1-5-29(6-2)21-12-7-18(8-13-21)25(30)27-20-11-16-24(33-4)23(17-20)28-26(31)19-9-14-22(32-3)15-10-19/h7-17H,5-6H2,1-4H3,(H,27,30)(H,28,31). The van der Waals surface area contributed by atoms with Crippen molar-refractivity contribution in [3.8, 4) is 11.5 Å². The minimum atomic E-state index is -0.300. The second-order valence-corrected chi connectivity index (χ2v) is 7.27. The van der Waals surface area contributed by atoms with E-state index in [9.17, 15) is 9.59 Å². The average Bonchev–Trinajstić information content (AvgIpc) is 2.85. The molecule has 0 heterocycles. The van der Waals surface area contributed by atoms with Gasteiger partial charge in [-0.15, -0.1) is 0 Å². The third-order valence-corrected chi connectivity index (χ3v) is 5.32. The van der Waals surface area contributed by atoms with Gasteiger partial charge in [0.25, 0.3) is 11.8 Å². The van der Waals surface area contributed by atoms with Crippen LogP contribution in [0.1, 0.15) is 34.6 Å². The Morgan fingerprint density at radius 1 is 0.758 bits per heavy atom. The summed E-state index contributed by atoms with van der Waals surface area (Å²) < 4.78 is 10.5. The minimum absolute atomic E-state index is 0.237. The lowest BCUT2D eigenvalue weighted by Crippen LogP contribution is -2.21. The Morgan fingerprint density at radius 3 is 1.88 bits per heavy atom. The quantitative estimate of drug-likeness (QED) is 0.480. The fourth-order valence-corrected chi connectivity index (χ4v) is 3.44. The van der Waals surface area contributed by atoms with Crippen molar-refractivity contribution in [3.63, 3.8) is 0 Å². The number of nitrogens with one attached hydrogen (secondary N) is 2. The highest BCUT2D eigenvalue weighted by Crippen LogP contribution is 2.29. The molecule has 33 heavy (non-hydrogen) atoms. The number of ether oxygens (including phenoxy) is 2. The van der Waals surface area contributed by atoms with Gasteiger partial charge in [-0.05, 0) is 80.6 Å². The van der Waals surface area contributed by atoms with Gasteiger partial charge >= 0.3 is 0 Å². The Bertz CT molecular complexity index is 1090. The molecule has 0 unspecified atom stereocenters. The van der Waals surface area contributed by atoms with Crippen molar-refractivity contribution in [1.29, 1.82) is 0 Å². The van der Waals surface area contributed by atoms with E-state index < -0.39 is 0 Å². The van der Waals surface area contributed by atoms with Gasteiger partial charge in [0.15, 0.2) is 0 Å². The number of anilines is 3. The van der Waals surface area contributed by atoms with E-state index in [2.05, 4.69) is 29.4 Å². The van der Waals surface area contributed by atoms with Crippen LogP contribution in [0.4, 0.5) is 17.1 Å². The van der Waals surface area contributed by atoms with Crippen molar-refractivity contribution in [2.24, 2.45) is 0 Å². The Hall–Kier alpha value is -4.00. The number of carbonyl (C=O) groups excluding carboxylic acids is 2. The summed E-state index contributed by atoms with van der Waals surface area (Å²) in [6.07, 6.45) is 0. The molecule has 0 saturated heterocycles. The van der Waals surface area contributed by atoms with E-state index in [-0.39, 0.29) is 11.8 Å². The number of benzene rings is 3. The molecule has 0 aliphatic heterocycles. The van der Waals surface area contributed by atoms with Crippen molar-refractivity contribution in [2.45, 2.75) is 13.8 Å². The van der Waals surface area contributed by atoms with Gasteiger partial charge in [0.05, 0.1) is 19.9 Å². The van der Waals surface area contributed by atoms with Crippen LogP contribution in [-0.2, 0) is 0 Å². The first-order valence-corrected chi connectivity index (χ1v) is 10.8. The topological polar surface area (TPSA) is 79.9 Å². The van der Waals surface area contributed by atoms with Crippen LogP contribution >= 0.6 is 0 Å². The number of nitrogens with zero attached hydrogens (tertiary/aromatic N) is 1. The van der Waals surface area contributed by atoms with Gasteiger partial charge in [-0.1, -0.05) is 0 Å². The van der Waals surface area contributed by atoms with Crippen LogP contribution in [0.2, 0.25) is 0 Å². The molecule has 7 nitrogen and oxygen atoms in total. The second kappa shape index (κ2) is 11.0. The molecule has 2 amide bonds. The molecule has 0 aliphatic carbocycles. The predicted octanol–water partition coefficient (Wildman–Crippen LogP) is 5.05. The lowest BCUT2D eigenvalue weighted by Gasteiger charge is -2.21. The molecular weight excluding hydrogens is 418 g/mol. The first-order chi connectivity index (χ1) is 16.0. The maximum atomic E-state index is 12.7. The summed E-state index contributed by atoms with van der Waals surface area (Å²) in [5, 5.41) is 5.72. The molecule has 172 valence electrons. The summed E-state index contributed by atoms with van der Waals surface area (Å²) in [5.74, 6) is 0.613. The number of hydrogen-bond acceptors (Lipinski definition) is 5. The summed E-state index contributed by atoms with van der Waals surface area (Å²) in [6, 6.07) is 19.4. The van der Waals surface area contributed by atoms with Gasteiger partial charge in [0, 0.05) is 35.6 Å². The molecule has 0 aliphatic rings. The van der Waals surface area contributed by atoms with Gasteiger partial charge in [0.1, 0.15) is 11.5 Å². The van der Waals surface area contributed by atoms with Gasteiger partial charge in [-0.25, -0.2) is 0 Å². The van der Waals surface area contributed by atoms with E-state index >= 15 is 0 Å². The zero-order chi connectivity index (χ0) is 23.8. The predicted molar refractivity (Wildman–Crippen MR) is 132 cm³/mol. The summed E-state index contributed by atoms with van der Waals surface area (Å²) in [7, 11) is 3.09. The van der Waals surface area contributed by atoms with Crippen LogP contribution in [0.5, 0.6) is 11.5 Å². The van der Waals surface area contributed by atoms with E-state index in [1.165, 1.54) is 7.11 Å². The highest BCUT2D eigenvalue weighted by Gasteiger charge is 2.13. The van der Waals surface area contributed by atoms with Gasteiger partial charge in [-0.2, -0.15) is 0 Å². The van der Waals surface area contributed by atoms with Crippen LogP contribution in [0.25, 0.3) is 0 Å². The van der Waals surface area contributed by atoms with Crippen molar-refractivity contribution < 1.29 is 19.1 Å². The van der Waals surface area contributed by atoms with Crippen LogP contribution in [0.15, 0.2) is 66.7 Å². The third kappa shape index (κ3) is 5.83. The van der Waals surface area contributed by atoms with Crippen LogP contribution in [0.3, 0.4) is 0 Å². The monoisotopic (exact) mass is 447 g/mol. The molecule has 3 aromatic rings. The highest BCUT2D eigenvalue weighted by molar-refractivity contribution is 6.07. The molecule has 0 saturated carbocycles. The number of methoxy groups -OCH3 is 2. The summed E-state index contributed by atoms with van der Waals surface area (Å²) in [6.45, 7) is 6.00. The molecule has 0 spiro atoms. The van der Waals surface area contributed by atoms with Crippen LogP contribution in [-0.4, -0.2) is 39.1 Å². The molecule has 3 rings (SSSR count). The normalized spacial score (nSPS) is 10.3. The maximum absolute atomic E-state index is 12.7. The van der Waals surface area contributed by atoms with E-state index in [4.69, 9.17) is 9.47 Å². The SMILES string of the molecule is CCN(CC)c1ccc(C(=O)Nc2ccc(OC)c(NC(=O)c3ccc(OC)cc3)c2)cc1. The minimum Gasteiger partial charge on any atom is -0.497 e. The number of hydrogen-bond donors (Lipinski definition) is 2. The molecular formula is C26H29N3O4. The molecule has 2 N–H and O–H groups in total. The second-order valence-electron chi connectivity index (χ2n) is 7.27. The van der Waals surface area contributed by atoms with E-state index in [1.807, 2.05) is 12.1 Å². The molecule has 7 heteroatoms. The van der Waals surface area contributed by atoms with E-state index in [1.54, 1.807) is 61.7 Å². The highest BCUT2D eigenvalue weighted by atomic mass is 16.5. The first kappa shape index (κ1) is 23.7. The summed E-state index contributed by atoms with van der Waals surface area (Å²) in [4.78, 5) is 27.6. The van der Waals surface area contributed by atoms with Gasteiger partial charge in [0.2, 0.25) is 0 Å². The first-order valence-electron chi connectivity index (χ1n) is 10.8.